The lowest BCUT2D eigenvalue weighted by molar-refractivity contribution is 0.102. The third-order valence-electron chi connectivity index (χ3n) is 2.83. The van der Waals surface area contributed by atoms with Crippen molar-refractivity contribution in [2.75, 3.05) is 17.7 Å². The van der Waals surface area contributed by atoms with E-state index in [0.29, 0.717) is 23.1 Å². The molecule has 0 unspecified atom stereocenters. The molecule has 0 aliphatic heterocycles. The van der Waals surface area contributed by atoms with Crippen molar-refractivity contribution in [1.29, 1.82) is 0 Å². The molecule has 6 heteroatoms. The Morgan fingerprint density at radius 3 is 2.68 bits per heavy atom. The molecule has 0 fully saturated rings. The van der Waals surface area contributed by atoms with Crippen LogP contribution in [0.5, 0.6) is 5.75 Å². The molecule has 1 aromatic carbocycles. The molecule has 0 aliphatic carbocycles. The number of rotatable bonds is 5. The summed E-state index contributed by atoms with van der Waals surface area (Å²) in [6.45, 7) is 5.80. The Kier molecular flexibility index (Phi) is 4.93. The second-order valence-corrected chi connectivity index (χ2v) is 5.20. The van der Waals surface area contributed by atoms with Crippen LogP contribution in [0.2, 0.25) is 0 Å². The fraction of sp³-hybridized carbons (Fsp3) is 0.312. The molecule has 0 atom stereocenters. The minimum atomic E-state index is -0.287. The van der Waals surface area contributed by atoms with E-state index in [-0.39, 0.29) is 11.9 Å². The summed E-state index contributed by atoms with van der Waals surface area (Å²) in [7, 11) is 1.58. The first-order chi connectivity index (χ1) is 10.5. The van der Waals surface area contributed by atoms with Crippen molar-refractivity contribution >= 4 is 17.5 Å². The smallest absolute Gasteiger partial charge is 0.274 e. The summed E-state index contributed by atoms with van der Waals surface area (Å²) in [5.41, 5.74) is 1.70. The molecule has 0 aliphatic rings. The SMILES string of the molecule is COc1cccc(NC(=O)c2cc(C)nc(NC(C)C)n2)c1. The molecule has 0 spiro atoms. The number of amides is 1. The van der Waals surface area contributed by atoms with E-state index in [0.717, 1.165) is 5.69 Å². The predicted molar refractivity (Wildman–Crippen MR) is 86.5 cm³/mol. The Bertz CT molecular complexity index is 671. The van der Waals surface area contributed by atoms with Crippen LogP contribution in [0.15, 0.2) is 30.3 Å². The molecule has 6 nitrogen and oxygen atoms in total. The summed E-state index contributed by atoms with van der Waals surface area (Å²) in [5, 5.41) is 5.90. The zero-order valence-corrected chi connectivity index (χ0v) is 13.2. The topological polar surface area (TPSA) is 76.1 Å². The largest absolute Gasteiger partial charge is 0.497 e. The van der Waals surface area contributed by atoms with Crippen molar-refractivity contribution in [2.24, 2.45) is 0 Å². The van der Waals surface area contributed by atoms with Gasteiger partial charge in [0, 0.05) is 23.5 Å². The number of anilines is 2. The Balaban J connectivity index is 2.19. The molecule has 0 saturated carbocycles. The fourth-order valence-electron chi connectivity index (χ4n) is 1.90. The number of ether oxygens (including phenoxy) is 1. The second-order valence-electron chi connectivity index (χ2n) is 5.20. The van der Waals surface area contributed by atoms with Crippen molar-refractivity contribution in [2.45, 2.75) is 26.8 Å². The number of nitrogens with one attached hydrogen (secondary N) is 2. The van der Waals surface area contributed by atoms with Crippen LogP contribution in [0.1, 0.15) is 30.0 Å². The van der Waals surface area contributed by atoms with E-state index in [1.807, 2.05) is 32.9 Å². The molecule has 116 valence electrons. The molecular weight excluding hydrogens is 280 g/mol. The van der Waals surface area contributed by atoms with Crippen LogP contribution in [0, 0.1) is 6.92 Å². The minimum Gasteiger partial charge on any atom is -0.497 e. The van der Waals surface area contributed by atoms with Gasteiger partial charge >= 0.3 is 0 Å². The molecular formula is C16H20N4O2. The molecule has 1 amide bonds. The highest BCUT2D eigenvalue weighted by molar-refractivity contribution is 6.03. The third kappa shape index (κ3) is 4.18. The molecule has 2 rings (SSSR count). The van der Waals surface area contributed by atoms with Gasteiger partial charge in [0.25, 0.3) is 5.91 Å². The lowest BCUT2D eigenvalue weighted by Gasteiger charge is -2.11. The third-order valence-corrected chi connectivity index (χ3v) is 2.83. The Labute approximate surface area is 129 Å². The first-order valence-corrected chi connectivity index (χ1v) is 7.05. The average molecular weight is 300 g/mol. The molecule has 2 N–H and O–H groups in total. The van der Waals surface area contributed by atoms with Gasteiger partial charge in [-0.2, -0.15) is 0 Å². The lowest BCUT2D eigenvalue weighted by atomic mass is 10.2. The van der Waals surface area contributed by atoms with Crippen LogP contribution in [0.3, 0.4) is 0 Å². The van der Waals surface area contributed by atoms with Gasteiger partial charge in [-0.25, -0.2) is 9.97 Å². The Hall–Kier alpha value is -2.63. The second kappa shape index (κ2) is 6.89. The summed E-state index contributed by atoms with van der Waals surface area (Å²) < 4.78 is 5.14. The van der Waals surface area contributed by atoms with Crippen LogP contribution < -0.4 is 15.4 Å². The maximum absolute atomic E-state index is 12.3. The monoisotopic (exact) mass is 300 g/mol. The fourth-order valence-corrected chi connectivity index (χ4v) is 1.90. The van der Waals surface area contributed by atoms with E-state index in [4.69, 9.17) is 4.74 Å². The summed E-state index contributed by atoms with van der Waals surface area (Å²) >= 11 is 0. The number of benzene rings is 1. The number of hydrogen-bond donors (Lipinski definition) is 2. The first-order valence-electron chi connectivity index (χ1n) is 7.05. The summed E-state index contributed by atoms with van der Waals surface area (Å²) in [5.74, 6) is 0.843. The highest BCUT2D eigenvalue weighted by atomic mass is 16.5. The summed E-state index contributed by atoms with van der Waals surface area (Å²) in [6.07, 6.45) is 0. The molecule has 22 heavy (non-hydrogen) atoms. The molecule has 1 aromatic heterocycles. The van der Waals surface area contributed by atoms with Gasteiger partial charge in [-0.3, -0.25) is 4.79 Å². The number of carbonyl (C=O) groups is 1. The number of methoxy groups -OCH3 is 1. The Morgan fingerprint density at radius 2 is 2.00 bits per heavy atom. The van der Waals surface area contributed by atoms with Gasteiger partial charge in [0.2, 0.25) is 5.95 Å². The molecule has 2 aromatic rings. The van der Waals surface area contributed by atoms with Gasteiger partial charge < -0.3 is 15.4 Å². The summed E-state index contributed by atoms with van der Waals surface area (Å²) in [6, 6.07) is 9.01. The van der Waals surface area contributed by atoms with E-state index in [9.17, 15) is 4.79 Å². The molecule has 0 saturated heterocycles. The predicted octanol–water partition coefficient (Wildman–Crippen LogP) is 2.87. The van der Waals surface area contributed by atoms with Crippen LogP contribution in [-0.4, -0.2) is 29.0 Å². The molecule has 1 heterocycles. The van der Waals surface area contributed by atoms with Crippen molar-refractivity contribution in [3.05, 3.63) is 41.7 Å². The Morgan fingerprint density at radius 1 is 1.23 bits per heavy atom. The van der Waals surface area contributed by atoms with Gasteiger partial charge in [-0.05, 0) is 39.0 Å². The number of aryl methyl sites for hydroxylation is 1. The van der Waals surface area contributed by atoms with Crippen molar-refractivity contribution in [3.8, 4) is 5.75 Å². The van der Waals surface area contributed by atoms with E-state index >= 15 is 0 Å². The zero-order chi connectivity index (χ0) is 16.1. The van der Waals surface area contributed by atoms with E-state index in [2.05, 4.69) is 20.6 Å². The summed E-state index contributed by atoms with van der Waals surface area (Å²) in [4.78, 5) is 20.8. The first kappa shape index (κ1) is 15.8. The number of hydrogen-bond acceptors (Lipinski definition) is 5. The standard InChI is InChI=1S/C16H20N4O2/c1-10(2)17-16-18-11(3)8-14(20-16)15(21)19-12-6-5-7-13(9-12)22-4/h5-10H,1-4H3,(H,19,21)(H,17,18,20). The van der Waals surface area contributed by atoms with Gasteiger partial charge in [0.1, 0.15) is 11.4 Å². The highest BCUT2D eigenvalue weighted by Crippen LogP contribution is 2.17. The van der Waals surface area contributed by atoms with Crippen LogP contribution in [0.4, 0.5) is 11.6 Å². The van der Waals surface area contributed by atoms with Gasteiger partial charge in [-0.1, -0.05) is 6.07 Å². The van der Waals surface area contributed by atoms with Crippen molar-refractivity contribution in [1.82, 2.24) is 9.97 Å². The molecule has 0 bridgehead atoms. The van der Waals surface area contributed by atoms with Crippen molar-refractivity contribution < 1.29 is 9.53 Å². The average Bonchev–Trinajstić information content (AvgIpc) is 2.46. The number of carbonyl (C=O) groups excluding carboxylic acids is 1. The van der Waals surface area contributed by atoms with Crippen LogP contribution in [0.25, 0.3) is 0 Å². The number of nitrogens with zero attached hydrogens (tertiary/aromatic N) is 2. The maximum atomic E-state index is 12.3. The van der Waals surface area contributed by atoms with Gasteiger partial charge in [0.05, 0.1) is 7.11 Å². The van der Waals surface area contributed by atoms with Crippen LogP contribution in [-0.2, 0) is 0 Å². The van der Waals surface area contributed by atoms with Crippen molar-refractivity contribution in [3.63, 3.8) is 0 Å². The lowest BCUT2D eigenvalue weighted by Crippen LogP contribution is -2.18. The van der Waals surface area contributed by atoms with Gasteiger partial charge in [0.15, 0.2) is 0 Å². The van der Waals surface area contributed by atoms with Crippen LogP contribution >= 0.6 is 0 Å². The highest BCUT2D eigenvalue weighted by Gasteiger charge is 2.11. The molecule has 0 radical (unpaired) electrons. The van der Waals surface area contributed by atoms with E-state index in [1.165, 1.54) is 0 Å². The maximum Gasteiger partial charge on any atom is 0.274 e. The quantitative estimate of drug-likeness (QED) is 0.888. The van der Waals surface area contributed by atoms with E-state index in [1.54, 1.807) is 25.3 Å². The minimum absolute atomic E-state index is 0.191. The van der Waals surface area contributed by atoms with E-state index < -0.39 is 0 Å². The normalized spacial score (nSPS) is 10.4. The zero-order valence-electron chi connectivity index (χ0n) is 13.2. The van der Waals surface area contributed by atoms with Gasteiger partial charge in [-0.15, -0.1) is 0 Å². The number of aromatic nitrogens is 2.